The topological polar surface area (TPSA) is 82.2 Å². The fourth-order valence-corrected chi connectivity index (χ4v) is 3.86. The van der Waals surface area contributed by atoms with Crippen molar-refractivity contribution >= 4 is 24.0 Å². The zero-order valence-electron chi connectivity index (χ0n) is 17.3. The molecule has 0 radical (unpaired) electrons. The molecule has 158 valence electrons. The molecule has 1 aliphatic carbocycles. The number of nitrogens with zero attached hydrogens (tertiary/aromatic N) is 2. The maximum Gasteiger partial charge on any atom is 0.276 e. The van der Waals surface area contributed by atoms with Crippen LogP contribution in [0.3, 0.4) is 0 Å². The van der Waals surface area contributed by atoms with Gasteiger partial charge in [-0.05, 0) is 69.0 Å². The van der Waals surface area contributed by atoms with Crippen molar-refractivity contribution in [1.29, 1.82) is 0 Å². The van der Waals surface area contributed by atoms with Crippen LogP contribution in [0, 0.1) is 13.8 Å². The van der Waals surface area contributed by atoms with Crippen LogP contribution in [-0.4, -0.2) is 28.8 Å². The molecule has 1 aliphatic rings. The standard InChI is InChI=1S/C23H26N4O2.ClH/c1-15-6-11-20(16(2)14-15)27-21-5-3-4-19(21)22(26-27)23(28)25-17-7-9-18(10-8-17)29-13-12-24;/h6-11,14H,3-5,12-13,24H2,1-2H3,(H,25,28);1H. The Morgan fingerprint density at radius 3 is 2.63 bits per heavy atom. The van der Waals surface area contributed by atoms with E-state index < -0.39 is 0 Å². The molecule has 1 aromatic heterocycles. The number of carbonyl (C=O) groups excluding carboxylic acids is 1. The molecule has 3 N–H and O–H groups in total. The Bertz CT molecular complexity index is 1040. The van der Waals surface area contributed by atoms with Crippen LogP contribution in [0.4, 0.5) is 5.69 Å². The van der Waals surface area contributed by atoms with Crippen molar-refractivity contribution < 1.29 is 9.53 Å². The highest BCUT2D eigenvalue weighted by Crippen LogP contribution is 2.29. The summed E-state index contributed by atoms with van der Waals surface area (Å²) in [6, 6.07) is 13.6. The molecule has 0 fully saturated rings. The van der Waals surface area contributed by atoms with Gasteiger partial charge in [-0.2, -0.15) is 5.10 Å². The average molecular weight is 427 g/mol. The first kappa shape index (κ1) is 21.9. The third kappa shape index (κ3) is 4.35. The Kier molecular flexibility index (Phi) is 6.80. The van der Waals surface area contributed by atoms with Crippen molar-refractivity contribution in [3.05, 3.63) is 70.5 Å². The highest BCUT2D eigenvalue weighted by Gasteiger charge is 2.27. The van der Waals surface area contributed by atoms with Gasteiger partial charge in [0.25, 0.3) is 5.91 Å². The molecule has 4 rings (SSSR count). The second kappa shape index (κ2) is 9.32. The van der Waals surface area contributed by atoms with Gasteiger partial charge in [-0.15, -0.1) is 12.4 Å². The van der Waals surface area contributed by atoms with Crippen LogP contribution in [0.2, 0.25) is 0 Å². The molecule has 30 heavy (non-hydrogen) atoms. The van der Waals surface area contributed by atoms with Crippen molar-refractivity contribution in [2.75, 3.05) is 18.5 Å². The molecule has 0 spiro atoms. The lowest BCUT2D eigenvalue weighted by atomic mass is 10.1. The van der Waals surface area contributed by atoms with E-state index in [4.69, 9.17) is 15.6 Å². The van der Waals surface area contributed by atoms with Gasteiger partial charge < -0.3 is 15.8 Å². The van der Waals surface area contributed by atoms with Gasteiger partial charge in [-0.25, -0.2) is 4.68 Å². The van der Waals surface area contributed by atoms with Crippen LogP contribution in [0.25, 0.3) is 5.69 Å². The van der Waals surface area contributed by atoms with Gasteiger partial charge >= 0.3 is 0 Å². The summed E-state index contributed by atoms with van der Waals surface area (Å²) in [6.45, 7) is 5.09. The number of amides is 1. The van der Waals surface area contributed by atoms with E-state index in [0.29, 0.717) is 24.5 Å². The van der Waals surface area contributed by atoms with Crippen LogP contribution in [0.15, 0.2) is 42.5 Å². The minimum atomic E-state index is -0.178. The van der Waals surface area contributed by atoms with Crippen LogP contribution in [0.5, 0.6) is 5.75 Å². The van der Waals surface area contributed by atoms with Crippen LogP contribution >= 0.6 is 12.4 Å². The van der Waals surface area contributed by atoms with E-state index in [0.717, 1.165) is 47.5 Å². The van der Waals surface area contributed by atoms with E-state index in [1.165, 1.54) is 5.56 Å². The third-order valence-corrected chi connectivity index (χ3v) is 5.22. The molecule has 7 heteroatoms. The molecule has 1 amide bonds. The van der Waals surface area contributed by atoms with Gasteiger partial charge in [-0.1, -0.05) is 17.7 Å². The van der Waals surface area contributed by atoms with Crippen molar-refractivity contribution in [2.24, 2.45) is 5.73 Å². The number of ether oxygens (including phenoxy) is 1. The second-order valence-corrected chi connectivity index (χ2v) is 7.44. The number of fused-ring (bicyclic) bond motifs is 1. The summed E-state index contributed by atoms with van der Waals surface area (Å²) in [7, 11) is 0. The third-order valence-electron chi connectivity index (χ3n) is 5.22. The molecule has 0 unspecified atom stereocenters. The Labute approximate surface area is 182 Å². The number of anilines is 1. The van der Waals surface area contributed by atoms with Crippen LogP contribution < -0.4 is 15.8 Å². The molecular formula is C23H27ClN4O2. The first-order chi connectivity index (χ1) is 14.1. The minimum absolute atomic E-state index is 0. The Hall–Kier alpha value is -2.83. The summed E-state index contributed by atoms with van der Waals surface area (Å²) < 4.78 is 7.43. The largest absolute Gasteiger partial charge is 0.492 e. The molecule has 1 heterocycles. The smallest absolute Gasteiger partial charge is 0.276 e. The van der Waals surface area contributed by atoms with E-state index in [1.807, 2.05) is 28.9 Å². The first-order valence-corrected chi connectivity index (χ1v) is 9.99. The molecule has 0 bridgehead atoms. The number of halogens is 1. The van der Waals surface area contributed by atoms with Crippen molar-refractivity contribution in [3.8, 4) is 11.4 Å². The van der Waals surface area contributed by atoms with Crippen LogP contribution in [0.1, 0.15) is 39.3 Å². The monoisotopic (exact) mass is 426 g/mol. The number of aryl methyl sites for hydroxylation is 2. The molecule has 0 atom stereocenters. The minimum Gasteiger partial charge on any atom is -0.492 e. The fraction of sp³-hybridized carbons (Fsp3) is 0.304. The van der Waals surface area contributed by atoms with E-state index >= 15 is 0 Å². The average Bonchev–Trinajstić information content (AvgIpc) is 3.30. The van der Waals surface area contributed by atoms with Crippen molar-refractivity contribution in [2.45, 2.75) is 33.1 Å². The number of hydrogen-bond donors (Lipinski definition) is 2. The SMILES string of the molecule is Cc1ccc(-n2nc(C(=O)Nc3ccc(OCCN)cc3)c3c2CCC3)c(C)c1.Cl. The number of benzene rings is 2. The van der Waals surface area contributed by atoms with E-state index in [9.17, 15) is 4.79 Å². The number of nitrogens with one attached hydrogen (secondary N) is 1. The summed E-state index contributed by atoms with van der Waals surface area (Å²) in [6.07, 6.45) is 2.87. The highest BCUT2D eigenvalue weighted by atomic mass is 35.5. The maximum absolute atomic E-state index is 13.0. The number of aromatic nitrogens is 2. The van der Waals surface area contributed by atoms with Gasteiger partial charge in [0.05, 0.1) is 5.69 Å². The summed E-state index contributed by atoms with van der Waals surface area (Å²) in [5, 5.41) is 7.68. The quantitative estimate of drug-likeness (QED) is 0.624. The summed E-state index contributed by atoms with van der Waals surface area (Å²) in [4.78, 5) is 13.0. The predicted octanol–water partition coefficient (Wildman–Crippen LogP) is 3.99. The molecule has 0 aliphatic heterocycles. The fourth-order valence-electron chi connectivity index (χ4n) is 3.86. The summed E-state index contributed by atoms with van der Waals surface area (Å²) in [5.74, 6) is 0.552. The molecule has 6 nitrogen and oxygen atoms in total. The normalized spacial score (nSPS) is 12.2. The number of carbonyl (C=O) groups is 1. The molecule has 3 aromatic rings. The molecule has 0 saturated carbocycles. The van der Waals surface area contributed by atoms with Gasteiger partial charge in [0.1, 0.15) is 12.4 Å². The lowest BCUT2D eigenvalue weighted by Gasteiger charge is -2.10. The maximum atomic E-state index is 13.0. The van der Waals surface area contributed by atoms with Crippen LogP contribution in [-0.2, 0) is 12.8 Å². The lowest BCUT2D eigenvalue weighted by Crippen LogP contribution is -2.15. The zero-order chi connectivity index (χ0) is 20.4. The summed E-state index contributed by atoms with van der Waals surface area (Å²) >= 11 is 0. The van der Waals surface area contributed by atoms with Gasteiger partial charge in [0, 0.05) is 23.5 Å². The Balaban J connectivity index is 0.00000256. The molecular weight excluding hydrogens is 400 g/mol. The summed E-state index contributed by atoms with van der Waals surface area (Å²) in [5.41, 5.74) is 12.3. The van der Waals surface area contributed by atoms with E-state index in [2.05, 4.69) is 37.4 Å². The molecule has 0 saturated heterocycles. The number of hydrogen-bond acceptors (Lipinski definition) is 4. The lowest BCUT2D eigenvalue weighted by molar-refractivity contribution is 0.102. The van der Waals surface area contributed by atoms with Gasteiger partial charge in [0.15, 0.2) is 5.69 Å². The van der Waals surface area contributed by atoms with E-state index in [-0.39, 0.29) is 18.3 Å². The second-order valence-electron chi connectivity index (χ2n) is 7.44. The van der Waals surface area contributed by atoms with Gasteiger partial charge in [0.2, 0.25) is 0 Å². The Morgan fingerprint density at radius 1 is 1.17 bits per heavy atom. The van der Waals surface area contributed by atoms with Crippen molar-refractivity contribution in [3.63, 3.8) is 0 Å². The highest BCUT2D eigenvalue weighted by molar-refractivity contribution is 6.04. The first-order valence-electron chi connectivity index (χ1n) is 9.99. The molecule has 2 aromatic carbocycles. The van der Waals surface area contributed by atoms with Gasteiger partial charge in [-0.3, -0.25) is 4.79 Å². The Morgan fingerprint density at radius 2 is 1.93 bits per heavy atom. The number of rotatable bonds is 6. The number of nitrogens with two attached hydrogens (primary N) is 1. The zero-order valence-corrected chi connectivity index (χ0v) is 18.1. The van der Waals surface area contributed by atoms with E-state index in [1.54, 1.807) is 0 Å². The predicted molar refractivity (Wildman–Crippen MR) is 121 cm³/mol. The van der Waals surface area contributed by atoms with Crippen molar-refractivity contribution in [1.82, 2.24) is 9.78 Å².